The summed E-state index contributed by atoms with van der Waals surface area (Å²) in [4.78, 5) is 13.9. The van der Waals surface area contributed by atoms with Gasteiger partial charge in [0, 0.05) is 27.9 Å². The van der Waals surface area contributed by atoms with Gasteiger partial charge in [0.1, 0.15) is 0 Å². The summed E-state index contributed by atoms with van der Waals surface area (Å²) in [6.45, 7) is 6.00. The second-order valence-corrected chi connectivity index (χ2v) is 5.82. The van der Waals surface area contributed by atoms with E-state index in [-0.39, 0.29) is 5.91 Å². The number of nitrogens with zero attached hydrogens (tertiary/aromatic N) is 1. The summed E-state index contributed by atoms with van der Waals surface area (Å²) in [5.41, 5.74) is 2.69. The van der Waals surface area contributed by atoms with Gasteiger partial charge in [-0.2, -0.15) is 5.10 Å². The van der Waals surface area contributed by atoms with Crippen molar-refractivity contribution in [2.45, 2.75) is 30.6 Å². The van der Waals surface area contributed by atoms with Gasteiger partial charge in [0.15, 0.2) is 0 Å². The van der Waals surface area contributed by atoms with Crippen LogP contribution in [0, 0.1) is 6.92 Å². The molecule has 0 saturated heterocycles. The number of H-pyrrole nitrogens is 1. The monoisotopic (exact) mass is 327 g/mol. The molecule has 0 aliphatic heterocycles. The molecule has 0 fully saturated rings. The predicted molar refractivity (Wildman–Crippen MR) is 96.1 cm³/mol. The number of hydrogen-bond donors (Lipinski definition) is 2. The maximum atomic E-state index is 11.9. The number of aryl methyl sites for hydroxylation is 1. The largest absolute Gasteiger partial charge is 0.355 e. The zero-order valence-corrected chi connectivity index (χ0v) is 14.6. The zero-order valence-electron chi connectivity index (χ0n) is 13.8. The van der Waals surface area contributed by atoms with Crippen LogP contribution in [0.25, 0.3) is 10.9 Å². The molecule has 1 aromatic heterocycles. The average Bonchev–Trinajstić information content (AvgIpc) is 2.97. The number of rotatable bonds is 3. The predicted octanol–water partition coefficient (Wildman–Crippen LogP) is 4.41. The van der Waals surface area contributed by atoms with Crippen LogP contribution < -0.4 is 5.32 Å². The van der Waals surface area contributed by atoms with Gasteiger partial charge in [-0.15, -0.1) is 0 Å². The van der Waals surface area contributed by atoms with Crippen molar-refractivity contribution in [1.82, 2.24) is 15.5 Å². The Bertz CT molecular complexity index is 811. The van der Waals surface area contributed by atoms with E-state index in [1.807, 2.05) is 51.1 Å². The third kappa shape index (κ3) is 3.74. The summed E-state index contributed by atoms with van der Waals surface area (Å²) in [7, 11) is 1.64. The summed E-state index contributed by atoms with van der Waals surface area (Å²) in [6.07, 6.45) is 0. The standard InChI is InChI=1S/C16H15N3OS.C2H6/c1-10-12-8-7-11(9-14(12)19-18-10)21-15-6-4-3-5-13(15)16(20)17-2;1-2/h3-9H,1-2H3,(H,17,20)(H,18,19);1-2H3. The van der Waals surface area contributed by atoms with Gasteiger partial charge in [-0.3, -0.25) is 9.89 Å². The van der Waals surface area contributed by atoms with Crippen LogP contribution in [-0.4, -0.2) is 23.2 Å². The summed E-state index contributed by atoms with van der Waals surface area (Å²) in [6, 6.07) is 13.7. The van der Waals surface area contributed by atoms with Crippen molar-refractivity contribution >= 4 is 28.6 Å². The van der Waals surface area contributed by atoms with Crippen LogP contribution >= 0.6 is 11.8 Å². The van der Waals surface area contributed by atoms with E-state index in [2.05, 4.69) is 27.6 Å². The van der Waals surface area contributed by atoms with Gasteiger partial charge in [-0.25, -0.2) is 0 Å². The fourth-order valence-corrected chi connectivity index (χ4v) is 3.17. The molecule has 4 nitrogen and oxygen atoms in total. The number of carbonyl (C=O) groups is 1. The van der Waals surface area contributed by atoms with Crippen molar-refractivity contribution in [1.29, 1.82) is 0 Å². The van der Waals surface area contributed by atoms with E-state index in [4.69, 9.17) is 0 Å². The van der Waals surface area contributed by atoms with Crippen molar-refractivity contribution in [2.24, 2.45) is 0 Å². The minimum atomic E-state index is -0.0743. The summed E-state index contributed by atoms with van der Waals surface area (Å²) in [5.74, 6) is -0.0743. The van der Waals surface area contributed by atoms with E-state index in [1.54, 1.807) is 18.8 Å². The van der Waals surface area contributed by atoms with Crippen LogP contribution in [-0.2, 0) is 0 Å². The first-order valence-corrected chi connectivity index (χ1v) is 8.44. The quantitative estimate of drug-likeness (QED) is 0.749. The summed E-state index contributed by atoms with van der Waals surface area (Å²) < 4.78 is 0. The molecule has 5 heteroatoms. The van der Waals surface area contributed by atoms with E-state index in [1.165, 1.54) is 0 Å². The molecule has 3 aromatic rings. The van der Waals surface area contributed by atoms with Crippen LogP contribution in [0.3, 0.4) is 0 Å². The van der Waals surface area contributed by atoms with Crippen LogP contribution in [0.1, 0.15) is 29.9 Å². The second-order valence-electron chi connectivity index (χ2n) is 4.70. The van der Waals surface area contributed by atoms with Crippen LogP contribution in [0.5, 0.6) is 0 Å². The topological polar surface area (TPSA) is 57.8 Å². The number of aromatic amines is 1. The number of carbonyl (C=O) groups excluding carboxylic acids is 1. The molecule has 0 spiro atoms. The van der Waals surface area contributed by atoms with Crippen molar-refractivity contribution < 1.29 is 4.79 Å². The minimum absolute atomic E-state index is 0.0743. The van der Waals surface area contributed by atoms with E-state index < -0.39 is 0 Å². The Balaban J connectivity index is 0.000000924. The Morgan fingerprint density at radius 1 is 1.17 bits per heavy atom. The van der Waals surface area contributed by atoms with Crippen LogP contribution in [0.15, 0.2) is 52.3 Å². The molecule has 0 unspecified atom stereocenters. The van der Waals surface area contributed by atoms with Crippen molar-refractivity contribution in [2.75, 3.05) is 7.05 Å². The van der Waals surface area contributed by atoms with Crippen molar-refractivity contribution in [3.05, 3.63) is 53.7 Å². The Morgan fingerprint density at radius 3 is 2.65 bits per heavy atom. The molecule has 0 aliphatic carbocycles. The first-order valence-electron chi connectivity index (χ1n) is 7.62. The number of fused-ring (bicyclic) bond motifs is 1. The van der Waals surface area contributed by atoms with E-state index in [0.717, 1.165) is 26.4 Å². The van der Waals surface area contributed by atoms with E-state index in [0.29, 0.717) is 5.56 Å². The van der Waals surface area contributed by atoms with Gasteiger partial charge < -0.3 is 5.32 Å². The number of hydrogen-bond acceptors (Lipinski definition) is 3. The Hall–Kier alpha value is -2.27. The van der Waals surface area contributed by atoms with E-state index >= 15 is 0 Å². The Morgan fingerprint density at radius 2 is 1.91 bits per heavy atom. The molecule has 1 amide bonds. The molecule has 0 bridgehead atoms. The van der Waals surface area contributed by atoms with Crippen LogP contribution in [0.4, 0.5) is 0 Å². The number of benzene rings is 2. The number of amides is 1. The highest BCUT2D eigenvalue weighted by Crippen LogP contribution is 2.32. The van der Waals surface area contributed by atoms with Crippen molar-refractivity contribution in [3.8, 4) is 0 Å². The third-order valence-electron chi connectivity index (χ3n) is 3.30. The molecular weight excluding hydrogens is 306 g/mol. The first-order chi connectivity index (χ1) is 11.2. The maximum absolute atomic E-state index is 11.9. The molecule has 2 aromatic carbocycles. The second kappa shape index (κ2) is 7.83. The molecule has 0 aliphatic rings. The minimum Gasteiger partial charge on any atom is -0.355 e. The van der Waals surface area contributed by atoms with Gasteiger partial charge in [0.05, 0.1) is 11.1 Å². The normalized spacial score (nSPS) is 10.1. The lowest BCUT2D eigenvalue weighted by molar-refractivity contribution is 0.0960. The van der Waals surface area contributed by atoms with E-state index in [9.17, 15) is 4.79 Å². The summed E-state index contributed by atoms with van der Waals surface area (Å²) in [5, 5.41) is 11.1. The van der Waals surface area contributed by atoms with Crippen LogP contribution in [0.2, 0.25) is 0 Å². The number of aromatic nitrogens is 2. The zero-order chi connectivity index (χ0) is 16.8. The van der Waals surface area contributed by atoms with Crippen molar-refractivity contribution in [3.63, 3.8) is 0 Å². The first kappa shape index (κ1) is 17.1. The smallest absolute Gasteiger partial charge is 0.252 e. The molecule has 0 atom stereocenters. The maximum Gasteiger partial charge on any atom is 0.252 e. The summed E-state index contributed by atoms with van der Waals surface area (Å²) >= 11 is 1.57. The average molecular weight is 327 g/mol. The highest BCUT2D eigenvalue weighted by molar-refractivity contribution is 7.99. The highest BCUT2D eigenvalue weighted by Gasteiger charge is 2.11. The Kier molecular flexibility index (Phi) is 5.82. The Labute approximate surface area is 140 Å². The molecule has 3 rings (SSSR count). The fraction of sp³-hybridized carbons (Fsp3) is 0.222. The lowest BCUT2D eigenvalue weighted by atomic mass is 10.2. The molecule has 0 saturated carbocycles. The lowest BCUT2D eigenvalue weighted by Crippen LogP contribution is -2.18. The van der Waals surface area contributed by atoms with Gasteiger partial charge in [0.2, 0.25) is 0 Å². The molecule has 23 heavy (non-hydrogen) atoms. The lowest BCUT2D eigenvalue weighted by Gasteiger charge is -2.07. The molecule has 120 valence electrons. The molecule has 2 N–H and O–H groups in total. The van der Waals surface area contributed by atoms with Gasteiger partial charge in [0.25, 0.3) is 5.91 Å². The van der Waals surface area contributed by atoms with Gasteiger partial charge in [-0.1, -0.05) is 37.7 Å². The molecule has 0 radical (unpaired) electrons. The highest BCUT2D eigenvalue weighted by atomic mass is 32.2. The SMILES string of the molecule is CC.CNC(=O)c1ccccc1Sc1ccc2c(C)[nH]nc2c1. The van der Waals surface area contributed by atoms with Gasteiger partial charge in [-0.05, 0) is 37.3 Å². The number of nitrogens with one attached hydrogen (secondary N) is 2. The molecular formula is C18H21N3OS. The fourth-order valence-electron chi connectivity index (χ4n) is 2.19. The third-order valence-corrected chi connectivity index (χ3v) is 4.37. The molecule has 1 heterocycles. The van der Waals surface area contributed by atoms with Gasteiger partial charge >= 0.3 is 0 Å².